The molecule has 0 fully saturated rings. The lowest BCUT2D eigenvalue weighted by atomic mass is 9.87. The summed E-state index contributed by atoms with van der Waals surface area (Å²) in [5, 5.41) is 2.50. The van der Waals surface area contributed by atoms with Crippen LogP contribution in [0.5, 0.6) is 0 Å². The van der Waals surface area contributed by atoms with E-state index in [0.29, 0.717) is 5.69 Å². The first-order chi connectivity index (χ1) is 9.99. The van der Waals surface area contributed by atoms with Gasteiger partial charge in [-0.15, -0.1) is 0 Å². The van der Waals surface area contributed by atoms with Crippen molar-refractivity contribution < 1.29 is 18.0 Å². The maximum absolute atomic E-state index is 12.4. The number of sulfonamides is 1. The summed E-state index contributed by atoms with van der Waals surface area (Å²) in [5.74, 6) is -1.52. The van der Waals surface area contributed by atoms with Crippen molar-refractivity contribution >= 4 is 27.5 Å². The van der Waals surface area contributed by atoms with E-state index in [-0.39, 0.29) is 10.8 Å². The van der Waals surface area contributed by atoms with E-state index in [9.17, 15) is 18.0 Å². The summed E-state index contributed by atoms with van der Waals surface area (Å²) in [5.41, 5.74) is 4.58. The third-order valence-corrected chi connectivity index (χ3v) is 4.83. The second kappa shape index (κ2) is 6.35. The second-order valence-corrected chi connectivity index (χ2v) is 7.22. The lowest BCUT2D eigenvalue weighted by Crippen LogP contribution is -2.60. The molecule has 22 heavy (non-hydrogen) atoms. The van der Waals surface area contributed by atoms with Gasteiger partial charge in [-0.1, -0.05) is 13.8 Å². The summed E-state index contributed by atoms with van der Waals surface area (Å²) in [6.45, 7) is 6.17. The maximum atomic E-state index is 12.4. The molecule has 1 unspecified atom stereocenters. The normalized spacial score (nSPS) is 14.2. The van der Waals surface area contributed by atoms with Crippen LogP contribution in [0, 0.1) is 5.92 Å². The summed E-state index contributed by atoms with van der Waals surface area (Å²) < 4.78 is 26.4. The van der Waals surface area contributed by atoms with Gasteiger partial charge in [-0.2, -0.15) is 0 Å². The van der Waals surface area contributed by atoms with Gasteiger partial charge in [-0.3, -0.25) is 9.59 Å². The molecule has 0 aliphatic carbocycles. The Morgan fingerprint density at radius 2 is 1.68 bits per heavy atom. The molecule has 1 rings (SSSR count). The fourth-order valence-corrected chi connectivity index (χ4v) is 2.83. The fraction of sp³-hybridized carbons (Fsp3) is 0.429. The minimum absolute atomic E-state index is 0.0796. The number of rotatable bonds is 5. The van der Waals surface area contributed by atoms with E-state index in [4.69, 9.17) is 5.73 Å². The van der Waals surface area contributed by atoms with Gasteiger partial charge < -0.3 is 11.1 Å². The van der Waals surface area contributed by atoms with E-state index >= 15 is 0 Å². The van der Waals surface area contributed by atoms with Gasteiger partial charge in [-0.25, -0.2) is 13.1 Å². The fourth-order valence-electron chi connectivity index (χ4n) is 1.76. The molecule has 1 aromatic rings. The highest BCUT2D eigenvalue weighted by Gasteiger charge is 2.39. The summed E-state index contributed by atoms with van der Waals surface area (Å²) in [6, 6.07) is 5.45. The van der Waals surface area contributed by atoms with Crippen LogP contribution in [0.2, 0.25) is 0 Å². The van der Waals surface area contributed by atoms with Crippen LogP contribution in [0.1, 0.15) is 27.7 Å². The van der Waals surface area contributed by atoms with Crippen LogP contribution in [0.15, 0.2) is 29.2 Å². The molecule has 0 saturated carbocycles. The monoisotopic (exact) mass is 327 g/mol. The second-order valence-electron chi connectivity index (χ2n) is 5.54. The van der Waals surface area contributed by atoms with Crippen LogP contribution in [-0.4, -0.2) is 25.8 Å². The van der Waals surface area contributed by atoms with Crippen LogP contribution >= 0.6 is 0 Å². The van der Waals surface area contributed by atoms with Crippen LogP contribution in [0.4, 0.5) is 5.69 Å². The van der Waals surface area contributed by atoms with Gasteiger partial charge >= 0.3 is 0 Å². The first-order valence-corrected chi connectivity index (χ1v) is 8.19. The van der Waals surface area contributed by atoms with Crippen LogP contribution in [-0.2, 0) is 19.6 Å². The molecule has 0 heterocycles. The highest BCUT2D eigenvalue weighted by molar-refractivity contribution is 7.90. The van der Waals surface area contributed by atoms with Crippen molar-refractivity contribution in [2.24, 2.45) is 5.92 Å². The van der Waals surface area contributed by atoms with Crippen molar-refractivity contribution in [3.05, 3.63) is 24.3 Å². The molecule has 0 radical (unpaired) electrons. The molecule has 0 aliphatic rings. The van der Waals surface area contributed by atoms with Gasteiger partial charge in [0.2, 0.25) is 5.91 Å². The minimum Gasteiger partial charge on any atom is -0.399 e. The van der Waals surface area contributed by atoms with Gasteiger partial charge in [0.1, 0.15) is 5.54 Å². The van der Waals surface area contributed by atoms with Crippen molar-refractivity contribution in [2.75, 3.05) is 5.73 Å². The van der Waals surface area contributed by atoms with Crippen LogP contribution in [0.3, 0.4) is 0 Å². The van der Waals surface area contributed by atoms with Crippen molar-refractivity contribution in [2.45, 2.75) is 38.1 Å². The number of nitrogen functional groups attached to an aromatic ring is 1. The molecule has 8 heteroatoms. The maximum Gasteiger partial charge on any atom is 0.264 e. The molecule has 1 atom stereocenters. The zero-order chi connectivity index (χ0) is 17.1. The predicted molar refractivity (Wildman–Crippen MR) is 83.2 cm³/mol. The number of nitrogens with one attached hydrogen (secondary N) is 2. The van der Waals surface area contributed by atoms with Gasteiger partial charge in [-0.05, 0) is 37.1 Å². The largest absolute Gasteiger partial charge is 0.399 e. The van der Waals surface area contributed by atoms with E-state index < -0.39 is 27.4 Å². The Bertz CT molecular complexity index is 668. The smallest absolute Gasteiger partial charge is 0.264 e. The molecule has 122 valence electrons. The summed E-state index contributed by atoms with van der Waals surface area (Å²) in [6.07, 6.45) is 0. The summed E-state index contributed by atoms with van der Waals surface area (Å²) in [4.78, 5) is 23.6. The average molecular weight is 327 g/mol. The first kappa shape index (κ1) is 18.0. The number of hydrogen-bond donors (Lipinski definition) is 3. The first-order valence-electron chi connectivity index (χ1n) is 6.70. The van der Waals surface area contributed by atoms with E-state index in [2.05, 4.69) is 5.32 Å². The molecular formula is C14H21N3O4S. The highest BCUT2D eigenvalue weighted by atomic mass is 32.2. The lowest BCUT2D eigenvalue weighted by molar-refractivity contribution is -0.132. The van der Waals surface area contributed by atoms with Crippen LogP contribution < -0.4 is 15.8 Å². The van der Waals surface area contributed by atoms with E-state index in [0.717, 1.165) is 0 Å². The molecule has 0 aromatic heterocycles. The molecule has 7 nitrogen and oxygen atoms in total. The van der Waals surface area contributed by atoms with Crippen molar-refractivity contribution in [3.63, 3.8) is 0 Å². The number of carbonyl (C=O) groups is 2. The molecule has 0 saturated heterocycles. The molecule has 0 aliphatic heterocycles. The highest BCUT2D eigenvalue weighted by Crippen LogP contribution is 2.19. The molecule has 0 bridgehead atoms. The Balaban J connectivity index is 3.07. The average Bonchev–Trinajstić information content (AvgIpc) is 2.37. The molecular weight excluding hydrogens is 306 g/mol. The Morgan fingerprint density at radius 3 is 2.09 bits per heavy atom. The topological polar surface area (TPSA) is 118 Å². The number of benzene rings is 1. The Hall–Kier alpha value is -2.09. The third kappa shape index (κ3) is 3.97. The quantitative estimate of drug-likeness (QED) is 0.685. The SMILES string of the molecule is CC(=O)NC(C)(C(=O)NS(=O)(=O)c1ccc(N)cc1)C(C)C. The molecule has 1 aromatic carbocycles. The molecule has 4 N–H and O–H groups in total. The van der Waals surface area contributed by atoms with Crippen LogP contribution in [0.25, 0.3) is 0 Å². The van der Waals surface area contributed by atoms with Gasteiger partial charge in [0.15, 0.2) is 0 Å². The minimum atomic E-state index is -4.04. The standard InChI is InChI=1S/C14H21N3O4S/c1-9(2)14(4,16-10(3)18)13(19)17-22(20,21)12-7-5-11(15)6-8-12/h5-9H,15H2,1-4H3,(H,16,18)(H,17,19). The number of anilines is 1. The predicted octanol–water partition coefficient (Wildman–Crippen LogP) is 0.625. The lowest BCUT2D eigenvalue weighted by Gasteiger charge is -2.32. The summed E-state index contributed by atoms with van der Waals surface area (Å²) >= 11 is 0. The number of amides is 2. The van der Waals surface area contributed by atoms with Crippen molar-refractivity contribution in [1.29, 1.82) is 0 Å². The van der Waals surface area contributed by atoms with Crippen molar-refractivity contribution in [1.82, 2.24) is 10.0 Å². The number of hydrogen-bond acceptors (Lipinski definition) is 5. The van der Waals surface area contributed by atoms with Gasteiger partial charge in [0.25, 0.3) is 15.9 Å². The number of carbonyl (C=O) groups excluding carboxylic acids is 2. The number of nitrogens with two attached hydrogens (primary N) is 1. The van der Waals surface area contributed by atoms with E-state index in [1.807, 2.05) is 4.72 Å². The zero-order valence-corrected chi connectivity index (χ0v) is 13.8. The Morgan fingerprint density at radius 1 is 1.18 bits per heavy atom. The van der Waals surface area contributed by atoms with E-state index in [1.54, 1.807) is 13.8 Å². The molecule has 2 amide bonds. The zero-order valence-electron chi connectivity index (χ0n) is 13.0. The van der Waals surface area contributed by atoms with E-state index in [1.165, 1.54) is 38.1 Å². The Labute approximate surface area is 130 Å². The van der Waals surface area contributed by atoms with Crippen molar-refractivity contribution in [3.8, 4) is 0 Å². The van der Waals surface area contributed by atoms with Gasteiger partial charge in [0.05, 0.1) is 4.90 Å². The molecule has 0 spiro atoms. The third-order valence-electron chi connectivity index (χ3n) is 3.48. The summed E-state index contributed by atoms with van der Waals surface area (Å²) in [7, 11) is -4.04. The van der Waals surface area contributed by atoms with Gasteiger partial charge in [0, 0.05) is 12.6 Å². The Kier molecular flexibility index (Phi) is 5.18.